The highest BCUT2D eigenvalue weighted by Gasteiger charge is 2.31. The molecule has 1 amide bonds. The van der Waals surface area contributed by atoms with Crippen molar-refractivity contribution >= 4 is 5.91 Å². The molecule has 1 unspecified atom stereocenters. The molecule has 0 radical (unpaired) electrons. The predicted octanol–water partition coefficient (Wildman–Crippen LogP) is 3.30. The van der Waals surface area contributed by atoms with Gasteiger partial charge in [0.05, 0.1) is 6.04 Å². The minimum atomic E-state index is -0.237. The maximum absolute atomic E-state index is 13.1. The molecule has 0 aliphatic heterocycles. The van der Waals surface area contributed by atoms with E-state index < -0.39 is 0 Å². The van der Waals surface area contributed by atoms with E-state index in [-0.39, 0.29) is 23.8 Å². The Morgan fingerprint density at radius 2 is 1.86 bits per heavy atom. The van der Waals surface area contributed by atoms with Gasteiger partial charge in [-0.3, -0.25) is 4.79 Å². The zero-order chi connectivity index (χ0) is 15.5. The van der Waals surface area contributed by atoms with Crippen LogP contribution in [0, 0.1) is 17.7 Å². The molecule has 1 aromatic rings. The van der Waals surface area contributed by atoms with Gasteiger partial charge in [0.15, 0.2) is 0 Å². The summed E-state index contributed by atoms with van der Waals surface area (Å²) in [5.41, 5.74) is 7.07. The van der Waals surface area contributed by atoms with Gasteiger partial charge in [-0.15, -0.1) is 0 Å². The Morgan fingerprint density at radius 3 is 2.41 bits per heavy atom. The van der Waals surface area contributed by atoms with Gasteiger partial charge in [-0.1, -0.05) is 25.0 Å². The molecular weight excluding hydrogens is 279 g/mol. The molecule has 0 spiro atoms. The summed E-state index contributed by atoms with van der Waals surface area (Å²) in [4.78, 5) is 12.4. The average Bonchev–Trinajstić information content (AvgIpc) is 2.82. The fourth-order valence-electron chi connectivity index (χ4n) is 3.71. The topological polar surface area (TPSA) is 55.1 Å². The first-order chi connectivity index (χ1) is 10.6. The van der Waals surface area contributed by atoms with Crippen LogP contribution >= 0.6 is 0 Å². The van der Waals surface area contributed by atoms with Gasteiger partial charge in [-0.2, -0.15) is 0 Å². The summed E-state index contributed by atoms with van der Waals surface area (Å²) in [5, 5.41) is 3.19. The number of nitrogens with two attached hydrogens (primary N) is 1. The lowest BCUT2D eigenvalue weighted by atomic mass is 9.77. The summed E-state index contributed by atoms with van der Waals surface area (Å²) < 4.78 is 13.1. The summed E-state index contributed by atoms with van der Waals surface area (Å²) in [6.07, 6.45) is 7.21. The second-order valence-electron chi connectivity index (χ2n) is 6.85. The van der Waals surface area contributed by atoms with Crippen LogP contribution in [-0.2, 0) is 4.79 Å². The van der Waals surface area contributed by atoms with Gasteiger partial charge in [0.2, 0.25) is 5.91 Å². The van der Waals surface area contributed by atoms with E-state index in [9.17, 15) is 9.18 Å². The van der Waals surface area contributed by atoms with Crippen molar-refractivity contribution in [1.82, 2.24) is 5.32 Å². The van der Waals surface area contributed by atoms with Gasteiger partial charge >= 0.3 is 0 Å². The third-order valence-electron chi connectivity index (χ3n) is 5.33. The standard InChI is InChI=1S/C18H25FN2O/c19-15-9-7-13(8-10-15)18(12-3-1-4-12)21-17(22)11-14-5-2-6-16(14)20/h7-10,12,14,16,18H,1-6,11,20H2,(H,21,22)/t14-,16+,18?/m0/s1. The van der Waals surface area contributed by atoms with Crippen molar-refractivity contribution in [3.05, 3.63) is 35.6 Å². The number of benzene rings is 1. The number of hydrogen-bond donors (Lipinski definition) is 2. The molecule has 3 rings (SSSR count). The van der Waals surface area contributed by atoms with E-state index in [4.69, 9.17) is 5.73 Å². The van der Waals surface area contributed by atoms with E-state index in [2.05, 4.69) is 5.32 Å². The fraction of sp³-hybridized carbons (Fsp3) is 0.611. The zero-order valence-corrected chi connectivity index (χ0v) is 12.9. The van der Waals surface area contributed by atoms with Crippen LogP contribution < -0.4 is 11.1 Å². The number of carbonyl (C=O) groups excluding carboxylic acids is 1. The van der Waals surface area contributed by atoms with Gasteiger partial charge < -0.3 is 11.1 Å². The zero-order valence-electron chi connectivity index (χ0n) is 12.9. The third kappa shape index (κ3) is 3.49. The number of hydrogen-bond acceptors (Lipinski definition) is 2. The summed E-state index contributed by atoms with van der Waals surface area (Å²) in [7, 11) is 0. The number of carbonyl (C=O) groups is 1. The Bertz CT molecular complexity index is 512. The van der Waals surface area contributed by atoms with Crippen molar-refractivity contribution in [3.63, 3.8) is 0 Å². The van der Waals surface area contributed by atoms with E-state index >= 15 is 0 Å². The highest BCUT2D eigenvalue weighted by Crippen LogP contribution is 2.38. The summed E-state index contributed by atoms with van der Waals surface area (Å²) in [6.45, 7) is 0. The maximum Gasteiger partial charge on any atom is 0.220 e. The van der Waals surface area contributed by atoms with E-state index in [0.29, 0.717) is 18.3 Å². The molecule has 0 bridgehead atoms. The third-order valence-corrected chi connectivity index (χ3v) is 5.33. The first-order valence-corrected chi connectivity index (χ1v) is 8.44. The molecule has 3 nitrogen and oxygen atoms in total. The molecule has 22 heavy (non-hydrogen) atoms. The molecule has 1 aromatic carbocycles. The first kappa shape index (κ1) is 15.5. The average molecular weight is 304 g/mol. The number of rotatable bonds is 5. The van der Waals surface area contributed by atoms with Crippen molar-refractivity contribution in [1.29, 1.82) is 0 Å². The molecule has 2 aliphatic carbocycles. The van der Waals surface area contributed by atoms with E-state index in [1.807, 2.05) is 0 Å². The second kappa shape index (κ2) is 6.78. The lowest BCUT2D eigenvalue weighted by Gasteiger charge is -2.35. The molecule has 4 heteroatoms. The van der Waals surface area contributed by atoms with Crippen molar-refractivity contribution in [2.45, 2.75) is 57.0 Å². The van der Waals surface area contributed by atoms with Crippen LogP contribution in [-0.4, -0.2) is 11.9 Å². The van der Waals surface area contributed by atoms with Crippen molar-refractivity contribution in [2.75, 3.05) is 0 Å². The summed E-state index contributed by atoms with van der Waals surface area (Å²) in [5.74, 6) is 0.643. The smallest absolute Gasteiger partial charge is 0.220 e. The molecule has 3 atom stereocenters. The molecule has 2 aliphatic rings. The Kier molecular flexibility index (Phi) is 4.77. The number of amides is 1. The Morgan fingerprint density at radius 1 is 1.18 bits per heavy atom. The van der Waals surface area contributed by atoms with Crippen LogP contribution in [0.2, 0.25) is 0 Å². The van der Waals surface area contributed by atoms with E-state index in [1.54, 1.807) is 12.1 Å². The first-order valence-electron chi connectivity index (χ1n) is 8.44. The molecule has 3 N–H and O–H groups in total. The minimum Gasteiger partial charge on any atom is -0.349 e. The monoisotopic (exact) mass is 304 g/mol. The fourth-order valence-corrected chi connectivity index (χ4v) is 3.71. The van der Waals surface area contributed by atoms with Crippen LogP contribution in [0.25, 0.3) is 0 Å². The van der Waals surface area contributed by atoms with Gasteiger partial charge in [-0.05, 0) is 55.2 Å². The van der Waals surface area contributed by atoms with Gasteiger partial charge in [-0.25, -0.2) is 4.39 Å². The highest BCUT2D eigenvalue weighted by atomic mass is 19.1. The minimum absolute atomic E-state index is 0.0134. The van der Waals surface area contributed by atoms with E-state index in [0.717, 1.165) is 37.7 Å². The molecule has 0 aromatic heterocycles. The maximum atomic E-state index is 13.1. The molecule has 2 saturated carbocycles. The number of nitrogens with one attached hydrogen (secondary N) is 1. The van der Waals surface area contributed by atoms with E-state index in [1.165, 1.54) is 18.6 Å². The molecular formula is C18H25FN2O. The van der Waals surface area contributed by atoms with Crippen LogP contribution in [0.5, 0.6) is 0 Å². The van der Waals surface area contributed by atoms with Gasteiger partial charge in [0.1, 0.15) is 5.82 Å². The molecule has 0 heterocycles. The van der Waals surface area contributed by atoms with Crippen LogP contribution in [0.15, 0.2) is 24.3 Å². The normalized spacial score (nSPS) is 26.5. The Hall–Kier alpha value is -1.42. The van der Waals surface area contributed by atoms with Gasteiger partial charge in [0.25, 0.3) is 0 Å². The Balaban J connectivity index is 1.64. The number of halogens is 1. The second-order valence-corrected chi connectivity index (χ2v) is 6.85. The van der Waals surface area contributed by atoms with Crippen LogP contribution in [0.1, 0.15) is 56.6 Å². The predicted molar refractivity (Wildman–Crippen MR) is 84.6 cm³/mol. The largest absolute Gasteiger partial charge is 0.349 e. The quantitative estimate of drug-likeness (QED) is 0.877. The van der Waals surface area contributed by atoms with Crippen LogP contribution in [0.3, 0.4) is 0 Å². The van der Waals surface area contributed by atoms with Crippen LogP contribution in [0.4, 0.5) is 4.39 Å². The molecule has 2 fully saturated rings. The lowest BCUT2D eigenvalue weighted by Crippen LogP contribution is -2.38. The molecule has 120 valence electrons. The molecule has 0 saturated heterocycles. The van der Waals surface area contributed by atoms with Crippen molar-refractivity contribution in [2.24, 2.45) is 17.6 Å². The van der Waals surface area contributed by atoms with Crippen molar-refractivity contribution < 1.29 is 9.18 Å². The lowest BCUT2D eigenvalue weighted by molar-refractivity contribution is -0.123. The van der Waals surface area contributed by atoms with Gasteiger partial charge in [0, 0.05) is 12.5 Å². The SMILES string of the molecule is N[C@@H]1CCC[C@H]1CC(=O)NC(c1ccc(F)cc1)C1CCC1. The Labute approximate surface area is 131 Å². The summed E-state index contributed by atoms with van der Waals surface area (Å²) in [6, 6.07) is 6.71. The van der Waals surface area contributed by atoms with Crippen molar-refractivity contribution in [3.8, 4) is 0 Å². The highest BCUT2D eigenvalue weighted by molar-refractivity contribution is 5.77. The summed E-state index contributed by atoms with van der Waals surface area (Å²) >= 11 is 0.